The number of rotatable bonds is 1. The average molecular weight is 313 g/mol. The van der Waals surface area contributed by atoms with Crippen LogP contribution >= 0.6 is 0 Å². The zero-order valence-corrected chi connectivity index (χ0v) is 12.3. The Labute approximate surface area is 130 Å². The number of carbonyl (C=O) groups is 1. The highest BCUT2D eigenvalue weighted by Gasteiger charge is 2.26. The van der Waals surface area contributed by atoms with Gasteiger partial charge in [0.2, 0.25) is 0 Å². The maximum absolute atomic E-state index is 12.0. The third-order valence-corrected chi connectivity index (χ3v) is 4.42. The number of pyridine rings is 1. The lowest BCUT2D eigenvalue weighted by Gasteiger charge is -2.30. The van der Waals surface area contributed by atoms with E-state index in [2.05, 4.69) is 15.1 Å². The molecule has 1 saturated heterocycles. The summed E-state index contributed by atoms with van der Waals surface area (Å²) in [7, 11) is 0. The van der Waals surface area contributed by atoms with E-state index in [1.54, 1.807) is 29.0 Å². The molecule has 4 heterocycles. The van der Waals surface area contributed by atoms with Crippen molar-refractivity contribution in [2.75, 3.05) is 13.1 Å². The minimum atomic E-state index is -0.893. The van der Waals surface area contributed by atoms with Crippen LogP contribution in [0.4, 0.5) is 4.79 Å². The minimum Gasteiger partial charge on any atom is -0.465 e. The van der Waals surface area contributed by atoms with Crippen LogP contribution in [0.5, 0.6) is 0 Å². The summed E-state index contributed by atoms with van der Waals surface area (Å²) in [6.45, 7) is 0.938. The normalized spacial score (nSPS) is 16.3. The number of nitrogens with zero attached hydrogens (tertiary/aromatic N) is 4. The number of amides is 1. The van der Waals surface area contributed by atoms with Crippen LogP contribution in [0, 0.1) is 0 Å². The first-order chi connectivity index (χ1) is 11.1. The summed E-state index contributed by atoms with van der Waals surface area (Å²) >= 11 is 0. The van der Waals surface area contributed by atoms with Gasteiger partial charge in [-0.1, -0.05) is 0 Å². The van der Waals surface area contributed by atoms with Crippen molar-refractivity contribution in [2.45, 2.75) is 18.8 Å². The lowest BCUT2D eigenvalue weighted by molar-refractivity contribution is 0.131. The molecule has 1 aliphatic heterocycles. The molecule has 3 aromatic heterocycles. The smallest absolute Gasteiger partial charge is 0.407 e. The van der Waals surface area contributed by atoms with Crippen LogP contribution in [0.25, 0.3) is 16.6 Å². The number of fused-ring (bicyclic) bond motifs is 3. The second kappa shape index (κ2) is 5.08. The standard InChI is InChI=1S/C15H15N5O3/c21-13-7-12(9-2-5-19(6-3-9)15(22)23)20-14(17-13)10-8-16-4-1-11(10)18-20/h1,4,7-9H,2-3,5-6H2,(H,17,21)(H,22,23). The minimum absolute atomic E-state index is 0.109. The number of carboxylic acid groups (broad SMARTS) is 1. The number of hydrogen-bond donors (Lipinski definition) is 2. The molecule has 1 aliphatic rings. The van der Waals surface area contributed by atoms with Gasteiger partial charge in [-0.3, -0.25) is 9.78 Å². The lowest BCUT2D eigenvalue weighted by atomic mass is 9.93. The van der Waals surface area contributed by atoms with E-state index in [0.29, 0.717) is 31.6 Å². The molecule has 8 nitrogen and oxygen atoms in total. The SMILES string of the molecule is O=C(O)N1CCC(c2cc(=O)[nH]c3c4cnccc4nn23)CC1. The average Bonchev–Trinajstić information content (AvgIpc) is 2.93. The maximum Gasteiger partial charge on any atom is 0.407 e. The van der Waals surface area contributed by atoms with Crippen LogP contribution in [0.1, 0.15) is 24.5 Å². The molecule has 0 bridgehead atoms. The molecule has 23 heavy (non-hydrogen) atoms. The van der Waals surface area contributed by atoms with E-state index in [1.165, 1.54) is 4.90 Å². The quantitative estimate of drug-likeness (QED) is 0.707. The van der Waals surface area contributed by atoms with Crippen molar-refractivity contribution in [1.29, 1.82) is 0 Å². The molecule has 2 N–H and O–H groups in total. The monoisotopic (exact) mass is 313 g/mol. The Kier molecular flexibility index (Phi) is 3.03. The van der Waals surface area contributed by atoms with Gasteiger partial charge in [-0.15, -0.1) is 0 Å². The molecule has 1 amide bonds. The number of aromatic amines is 1. The van der Waals surface area contributed by atoms with Crippen molar-refractivity contribution in [2.24, 2.45) is 0 Å². The summed E-state index contributed by atoms with van der Waals surface area (Å²) in [5, 5.41) is 14.4. The van der Waals surface area contributed by atoms with Gasteiger partial charge in [0, 0.05) is 37.5 Å². The number of piperidine rings is 1. The highest BCUT2D eigenvalue weighted by atomic mass is 16.4. The van der Waals surface area contributed by atoms with Crippen LogP contribution in [0.3, 0.4) is 0 Å². The predicted molar refractivity (Wildman–Crippen MR) is 82.7 cm³/mol. The molecule has 0 spiro atoms. The summed E-state index contributed by atoms with van der Waals surface area (Å²) in [5.74, 6) is 0.109. The van der Waals surface area contributed by atoms with E-state index in [-0.39, 0.29) is 11.5 Å². The van der Waals surface area contributed by atoms with Gasteiger partial charge in [0.15, 0.2) is 0 Å². The van der Waals surface area contributed by atoms with Crippen molar-refractivity contribution >= 4 is 22.6 Å². The number of H-pyrrole nitrogens is 1. The van der Waals surface area contributed by atoms with E-state index in [9.17, 15) is 9.59 Å². The molecular weight excluding hydrogens is 298 g/mol. The van der Waals surface area contributed by atoms with Crippen molar-refractivity contribution < 1.29 is 9.90 Å². The van der Waals surface area contributed by atoms with Gasteiger partial charge in [-0.05, 0) is 18.9 Å². The van der Waals surface area contributed by atoms with E-state index < -0.39 is 6.09 Å². The second-order valence-corrected chi connectivity index (χ2v) is 5.76. The first-order valence-corrected chi connectivity index (χ1v) is 7.47. The Bertz CT molecular complexity index is 953. The van der Waals surface area contributed by atoms with E-state index >= 15 is 0 Å². The van der Waals surface area contributed by atoms with Gasteiger partial charge in [0.1, 0.15) is 5.65 Å². The molecule has 0 aromatic carbocycles. The van der Waals surface area contributed by atoms with E-state index in [0.717, 1.165) is 16.6 Å². The van der Waals surface area contributed by atoms with Crippen molar-refractivity contribution in [3.63, 3.8) is 0 Å². The number of likely N-dealkylation sites (tertiary alicyclic amines) is 1. The molecule has 0 saturated carbocycles. The molecule has 0 aliphatic carbocycles. The van der Waals surface area contributed by atoms with E-state index in [1.807, 2.05) is 0 Å². The van der Waals surface area contributed by atoms with Gasteiger partial charge in [-0.25, -0.2) is 9.31 Å². The topological polar surface area (TPSA) is 104 Å². The summed E-state index contributed by atoms with van der Waals surface area (Å²) in [6.07, 6.45) is 3.82. The Morgan fingerprint density at radius 1 is 1.35 bits per heavy atom. The Hall–Kier alpha value is -2.90. The van der Waals surface area contributed by atoms with Crippen LogP contribution in [-0.2, 0) is 0 Å². The van der Waals surface area contributed by atoms with Crippen molar-refractivity contribution in [3.05, 3.63) is 40.6 Å². The van der Waals surface area contributed by atoms with Crippen LogP contribution in [0.15, 0.2) is 29.3 Å². The lowest BCUT2D eigenvalue weighted by Crippen LogP contribution is -2.37. The van der Waals surface area contributed by atoms with Gasteiger partial charge in [0.25, 0.3) is 5.56 Å². The summed E-state index contributed by atoms with van der Waals surface area (Å²) in [5.41, 5.74) is 2.05. The number of aromatic nitrogens is 4. The van der Waals surface area contributed by atoms with Crippen molar-refractivity contribution in [3.8, 4) is 0 Å². The second-order valence-electron chi connectivity index (χ2n) is 5.76. The van der Waals surface area contributed by atoms with Crippen molar-refractivity contribution in [1.82, 2.24) is 24.5 Å². The first-order valence-electron chi connectivity index (χ1n) is 7.47. The highest BCUT2D eigenvalue weighted by molar-refractivity contribution is 5.91. The summed E-state index contributed by atoms with van der Waals surface area (Å²) in [4.78, 5) is 31.4. The molecule has 4 rings (SSSR count). The Morgan fingerprint density at radius 2 is 2.13 bits per heavy atom. The fraction of sp³-hybridized carbons (Fsp3) is 0.333. The summed E-state index contributed by atoms with van der Waals surface area (Å²) < 4.78 is 1.76. The molecule has 0 atom stereocenters. The maximum atomic E-state index is 12.0. The van der Waals surface area contributed by atoms with Crippen LogP contribution in [0.2, 0.25) is 0 Å². The molecule has 3 aromatic rings. The summed E-state index contributed by atoms with van der Waals surface area (Å²) in [6, 6.07) is 3.37. The van der Waals surface area contributed by atoms with Gasteiger partial charge in [-0.2, -0.15) is 5.10 Å². The largest absolute Gasteiger partial charge is 0.465 e. The molecule has 118 valence electrons. The molecule has 1 fully saturated rings. The molecular formula is C15H15N5O3. The third kappa shape index (κ3) is 2.23. The molecule has 0 radical (unpaired) electrons. The first kappa shape index (κ1) is 13.7. The third-order valence-electron chi connectivity index (χ3n) is 4.42. The van der Waals surface area contributed by atoms with Gasteiger partial charge >= 0.3 is 6.09 Å². The Balaban J connectivity index is 1.81. The van der Waals surface area contributed by atoms with Gasteiger partial charge in [0.05, 0.1) is 16.6 Å². The Morgan fingerprint density at radius 3 is 2.87 bits per heavy atom. The van der Waals surface area contributed by atoms with Crippen LogP contribution < -0.4 is 5.56 Å². The fourth-order valence-corrected chi connectivity index (χ4v) is 3.24. The predicted octanol–water partition coefficient (Wildman–Crippen LogP) is 1.43. The molecule has 0 unspecified atom stereocenters. The highest BCUT2D eigenvalue weighted by Crippen LogP contribution is 2.28. The number of nitrogens with one attached hydrogen (secondary N) is 1. The van der Waals surface area contributed by atoms with Gasteiger partial charge < -0.3 is 15.0 Å². The zero-order chi connectivity index (χ0) is 16.0. The molecule has 8 heteroatoms. The van der Waals surface area contributed by atoms with Crippen LogP contribution in [-0.4, -0.2) is 48.8 Å². The zero-order valence-electron chi connectivity index (χ0n) is 12.3. The van der Waals surface area contributed by atoms with E-state index in [4.69, 9.17) is 5.11 Å². The number of hydrogen-bond acceptors (Lipinski definition) is 4. The fourth-order valence-electron chi connectivity index (χ4n) is 3.24.